The molecule has 0 saturated heterocycles. The summed E-state index contributed by atoms with van der Waals surface area (Å²) in [5.74, 6) is -0.913. The van der Waals surface area contributed by atoms with Crippen LogP contribution in [0, 0.1) is 5.82 Å². The predicted molar refractivity (Wildman–Crippen MR) is 136 cm³/mol. The number of amides is 1. The highest BCUT2D eigenvalue weighted by Gasteiger charge is 2.19. The third-order valence-corrected chi connectivity index (χ3v) is 5.40. The first-order valence-electron chi connectivity index (χ1n) is 11.3. The van der Waals surface area contributed by atoms with Gasteiger partial charge in [0.05, 0.1) is 23.4 Å². The molecule has 0 radical (unpaired) electrons. The highest BCUT2D eigenvalue weighted by atomic mass is 35.5. The van der Waals surface area contributed by atoms with Crippen molar-refractivity contribution < 1.29 is 18.7 Å². The number of nitrogens with two attached hydrogens (primary N) is 1. The molecule has 0 fully saturated rings. The lowest BCUT2D eigenvalue weighted by Crippen LogP contribution is -2.37. The van der Waals surface area contributed by atoms with Crippen molar-refractivity contribution >= 4 is 35.0 Å². The lowest BCUT2D eigenvalue weighted by Gasteiger charge is -2.18. The van der Waals surface area contributed by atoms with Gasteiger partial charge in [-0.2, -0.15) is 0 Å². The van der Waals surface area contributed by atoms with Crippen molar-refractivity contribution in [2.24, 2.45) is 5.73 Å². The van der Waals surface area contributed by atoms with Crippen molar-refractivity contribution in [3.63, 3.8) is 0 Å². The first-order valence-corrected chi connectivity index (χ1v) is 11.7. The summed E-state index contributed by atoms with van der Waals surface area (Å²) in [6.07, 6.45) is 3.97. The van der Waals surface area contributed by atoms with Gasteiger partial charge in [0.2, 0.25) is 0 Å². The van der Waals surface area contributed by atoms with Crippen LogP contribution in [0.5, 0.6) is 0 Å². The fourth-order valence-electron chi connectivity index (χ4n) is 3.20. The van der Waals surface area contributed by atoms with Crippen molar-refractivity contribution in [2.75, 3.05) is 11.9 Å². The molecule has 1 amide bonds. The van der Waals surface area contributed by atoms with Crippen LogP contribution in [0.15, 0.2) is 42.9 Å². The van der Waals surface area contributed by atoms with E-state index in [4.69, 9.17) is 22.1 Å². The summed E-state index contributed by atoms with van der Waals surface area (Å²) in [5, 5.41) is 6.25. The van der Waals surface area contributed by atoms with Gasteiger partial charge in [0.25, 0.3) is 5.91 Å². The fraction of sp³-hybridized carbons (Fsp3) is 0.320. The summed E-state index contributed by atoms with van der Waals surface area (Å²) in [7, 11) is 0. The Bertz CT molecular complexity index is 1250. The van der Waals surface area contributed by atoms with E-state index in [1.807, 2.05) is 13.8 Å². The van der Waals surface area contributed by atoms with Crippen molar-refractivity contribution in [1.82, 2.24) is 20.3 Å². The second-order valence-corrected chi connectivity index (χ2v) is 9.01. The minimum atomic E-state index is -0.759. The van der Waals surface area contributed by atoms with Gasteiger partial charge in [0, 0.05) is 29.2 Å². The Morgan fingerprint density at radius 1 is 1.17 bits per heavy atom. The summed E-state index contributed by atoms with van der Waals surface area (Å²) in [4.78, 5) is 37.5. The highest BCUT2D eigenvalue weighted by molar-refractivity contribution is 6.30. The van der Waals surface area contributed by atoms with E-state index in [0.29, 0.717) is 16.5 Å². The zero-order valence-electron chi connectivity index (χ0n) is 20.4. The molecule has 0 aliphatic rings. The number of benzene rings is 1. The predicted octanol–water partition coefficient (Wildman–Crippen LogP) is 4.21. The minimum Gasteiger partial charge on any atom is -0.460 e. The van der Waals surface area contributed by atoms with Crippen LogP contribution in [0.1, 0.15) is 49.5 Å². The fourth-order valence-corrected chi connectivity index (χ4v) is 3.38. The number of rotatable bonds is 9. The van der Waals surface area contributed by atoms with E-state index in [9.17, 15) is 14.0 Å². The molecule has 2 heterocycles. The SMILES string of the molecule is CC(CNC(=O)c1cnccc1Nc1nc(-c2cc(Cl)ccc2F)ncc1C(C)C)OC(=O)C(C)N. The summed E-state index contributed by atoms with van der Waals surface area (Å²) in [6, 6.07) is 5.02. The van der Waals surface area contributed by atoms with Crippen molar-refractivity contribution in [3.05, 3.63) is 64.8 Å². The molecule has 3 aromatic rings. The molecule has 3 rings (SSSR count). The molecule has 0 bridgehead atoms. The molecule has 0 saturated carbocycles. The molecule has 0 aliphatic heterocycles. The second-order valence-electron chi connectivity index (χ2n) is 8.57. The van der Waals surface area contributed by atoms with Gasteiger partial charge in [-0.25, -0.2) is 14.4 Å². The molecule has 9 nitrogen and oxygen atoms in total. The van der Waals surface area contributed by atoms with Gasteiger partial charge in [0.15, 0.2) is 5.82 Å². The number of hydrogen-bond acceptors (Lipinski definition) is 8. The average Bonchev–Trinajstić information content (AvgIpc) is 2.84. The second kappa shape index (κ2) is 11.9. The maximum atomic E-state index is 14.5. The quantitative estimate of drug-likeness (QED) is 0.362. The number of aromatic nitrogens is 3. The van der Waals surface area contributed by atoms with Crippen LogP contribution in [0.4, 0.5) is 15.9 Å². The zero-order chi connectivity index (χ0) is 26.4. The van der Waals surface area contributed by atoms with Crippen LogP contribution in [0.25, 0.3) is 11.4 Å². The van der Waals surface area contributed by atoms with Gasteiger partial charge < -0.3 is 21.1 Å². The van der Waals surface area contributed by atoms with Gasteiger partial charge in [0.1, 0.15) is 23.8 Å². The Morgan fingerprint density at radius 3 is 2.61 bits per heavy atom. The van der Waals surface area contributed by atoms with Crippen LogP contribution >= 0.6 is 11.6 Å². The maximum Gasteiger partial charge on any atom is 0.322 e. The van der Waals surface area contributed by atoms with Crippen molar-refractivity contribution in [2.45, 2.75) is 45.8 Å². The number of hydrogen-bond donors (Lipinski definition) is 3. The number of nitrogens with one attached hydrogen (secondary N) is 2. The van der Waals surface area contributed by atoms with E-state index in [2.05, 4.69) is 25.6 Å². The van der Waals surface area contributed by atoms with Crippen LogP contribution in [0.3, 0.4) is 0 Å². The lowest BCUT2D eigenvalue weighted by atomic mass is 10.1. The number of pyridine rings is 1. The van der Waals surface area contributed by atoms with E-state index in [-0.39, 0.29) is 29.4 Å². The van der Waals surface area contributed by atoms with Crippen LogP contribution in [-0.4, -0.2) is 45.5 Å². The molecule has 190 valence electrons. The molecule has 11 heteroatoms. The molecule has 1 aromatic carbocycles. The maximum absolute atomic E-state index is 14.5. The van der Waals surface area contributed by atoms with Crippen molar-refractivity contribution in [1.29, 1.82) is 0 Å². The Morgan fingerprint density at radius 2 is 1.92 bits per heavy atom. The van der Waals surface area contributed by atoms with E-state index in [1.165, 1.54) is 37.5 Å². The van der Waals surface area contributed by atoms with Crippen LogP contribution < -0.4 is 16.4 Å². The summed E-state index contributed by atoms with van der Waals surface area (Å²) in [5.41, 5.74) is 7.10. The van der Waals surface area contributed by atoms with Crippen molar-refractivity contribution in [3.8, 4) is 11.4 Å². The van der Waals surface area contributed by atoms with E-state index in [0.717, 1.165) is 5.56 Å². The summed E-state index contributed by atoms with van der Waals surface area (Å²) < 4.78 is 19.6. The third-order valence-electron chi connectivity index (χ3n) is 5.17. The van der Waals surface area contributed by atoms with E-state index in [1.54, 1.807) is 19.2 Å². The Hall–Kier alpha value is -3.63. The van der Waals surface area contributed by atoms with E-state index >= 15 is 0 Å². The van der Waals surface area contributed by atoms with E-state index < -0.39 is 29.8 Å². The number of nitrogens with zero attached hydrogens (tertiary/aromatic N) is 3. The molecular formula is C25H28ClFN6O3. The number of carbonyl (C=O) groups excluding carboxylic acids is 2. The van der Waals surface area contributed by atoms with Gasteiger partial charge >= 0.3 is 5.97 Å². The topological polar surface area (TPSA) is 132 Å². The summed E-state index contributed by atoms with van der Waals surface area (Å²) >= 11 is 6.05. The van der Waals surface area contributed by atoms with Gasteiger partial charge in [-0.3, -0.25) is 14.6 Å². The number of esters is 1. The smallest absolute Gasteiger partial charge is 0.322 e. The Labute approximate surface area is 213 Å². The largest absolute Gasteiger partial charge is 0.460 e. The minimum absolute atomic E-state index is 0.0327. The van der Waals surface area contributed by atoms with Crippen LogP contribution in [-0.2, 0) is 9.53 Å². The first kappa shape index (κ1) is 27.0. The third kappa shape index (κ3) is 6.73. The number of carbonyl (C=O) groups is 2. The Balaban J connectivity index is 1.87. The number of halogens is 2. The van der Waals surface area contributed by atoms with Gasteiger partial charge in [-0.15, -0.1) is 0 Å². The first-order chi connectivity index (χ1) is 17.1. The number of anilines is 2. The molecule has 0 aliphatic carbocycles. The highest BCUT2D eigenvalue weighted by Crippen LogP contribution is 2.30. The monoisotopic (exact) mass is 514 g/mol. The molecule has 4 N–H and O–H groups in total. The molecule has 2 unspecified atom stereocenters. The van der Waals surface area contributed by atoms with Gasteiger partial charge in [-0.1, -0.05) is 25.4 Å². The molecule has 36 heavy (non-hydrogen) atoms. The molecule has 2 atom stereocenters. The lowest BCUT2D eigenvalue weighted by molar-refractivity contribution is -0.149. The normalized spacial score (nSPS) is 12.7. The molecule has 2 aromatic heterocycles. The molecular weight excluding hydrogens is 487 g/mol. The standard InChI is InChI=1S/C25H28ClFN6O3/c1-13(2)18-12-30-22(17-9-16(26)5-6-20(17)27)33-23(18)32-21-7-8-29-11-19(21)24(34)31-10-14(3)36-25(35)15(4)28/h5-9,11-15H,10,28H2,1-4H3,(H,31,34)(H,29,30,32,33). The molecule has 0 spiro atoms. The zero-order valence-corrected chi connectivity index (χ0v) is 21.1. The summed E-state index contributed by atoms with van der Waals surface area (Å²) in [6.45, 7) is 7.18. The number of ether oxygens (including phenoxy) is 1. The average molecular weight is 515 g/mol. The van der Waals surface area contributed by atoms with Gasteiger partial charge in [-0.05, 0) is 44.0 Å². The van der Waals surface area contributed by atoms with Crippen LogP contribution in [0.2, 0.25) is 5.02 Å². The Kier molecular flexibility index (Phi) is 8.89.